The van der Waals surface area contributed by atoms with Crippen molar-refractivity contribution in [1.29, 1.82) is 0 Å². The molecular formula is C28H37NO3. The number of pyridine rings is 1. The first-order valence-electron chi connectivity index (χ1n) is 12.5. The number of allylic oxidation sites excluding steroid dienone is 1. The highest BCUT2D eigenvalue weighted by Crippen LogP contribution is 2.66. The first-order chi connectivity index (χ1) is 15.5. The Kier molecular flexibility index (Phi) is 5.90. The molecule has 6 unspecified atom stereocenters. The van der Waals surface area contributed by atoms with Gasteiger partial charge in [-0.1, -0.05) is 25.5 Å². The molecule has 0 bridgehead atoms. The van der Waals surface area contributed by atoms with E-state index in [4.69, 9.17) is 9.47 Å². The zero-order chi connectivity index (χ0) is 22.2. The van der Waals surface area contributed by atoms with Crippen LogP contribution < -0.4 is 0 Å². The second-order valence-electron chi connectivity index (χ2n) is 11.1. The lowest BCUT2D eigenvalue weighted by Gasteiger charge is -2.58. The van der Waals surface area contributed by atoms with Gasteiger partial charge in [-0.25, -0.2) is 0 Å². The standard InChI is InChI=1S/C28H37NO3/c1-27-11-9-23(30)16-21(27)5-7-24-25-8-6-22(28(25,2)12-10-26(24)27)19-32-15-14-31-18-20-4-3-13-29-17-20/h3-4,13-17,22,24-26H,5-12,18-19H2,1-2H3/b15-14-. The number of nitrogens with zero attached hydrogens (tertiary/aromatic N) is 1. The summed E-state index contributed by atoms with van der Waals surface area (Å²) in [6, 6.07) is 3.93. The molecule has 4 nitrogen and oxygen atoms in total. The smallest absolute Gasteiger partial charge is 0.155 e. The van der Waals surface area contributed by atoms with E-state index in [-0.39, 0.29) is 5.41 Å². The van der Waals surface area contributed by atoms with E-state index in [1.165, 1.54) is 37.7 Å². The first-order valence-corrected chi connectivity index (χ1v) is 12.5. The Morgan fingerprint density at radius 3 is 2.78 bits per heavy atom. The van der Waals surface area contributed by atoms with Crippen molar-refractivity contribution in [1.82, 2.24) is 4.98 Å². The quantitative estimate of drug-likeness (QED) is 0.497. The molecule has 4 aliphatic carbocycles. The van der Waals surface area contributed by atoms with Crippen LogP contribution in [0.15, 0.2) is 48.7 Å². The largest absolute Gasteiger partial charge is 0.498 e. The van der Waals surface area contributed by atoms with Crippen LogP contribution in [0.5, 0.6) is 0 Å². The predicted octanol–water partition coefficient (Wildman–Crippen LogP) is 6.23. The van der Waals surface area contributed by atoms with Crippen molar-refractivity contribution in [3.8, 4) is 0 Å². The molecule has 0 aromatic carbocycles. The number of ether oxygens (including phenoxy) is 2. The van der Waals surface area contributed by atoms with Gasteiger partial charge in [0.05, 0.1) is 6.61 Å². The Morgan fingerprint density at radius 1 is 1.06 bits per heavy atom. The Labute approximate surface area is 192 Å². The van der Waals surface area contributed by atoms with E-state index in [1.54, 1.807) is 18.7 Å². The second kappa shape index (κ2) is 8.68. The monoisotopic (exact) mass is 435 g/mol. The Hall–Kier alpha value is -2.10. The molecule has 172 valence electrons. The summed E-state index contributed by atoms with van der Waals surface area (Å²) in [7, 11) is 0. The lowest BCUT2D eigenvalue weighted by atomic mass is 9.47. The number of ketones is 1. The third-order valence-corrected chi connectivity index (χ3v) is 9.68. The minimum absolute atomic E-state index is 0.265. The van der Waals surface area contributed by atoms with Crippen molar-refractivity contribution in [3.05, 3.63) is 54.3 Å². The summed E-state index contributed by atoms with van der Waals surface area (Å²) < 4.78 is 11.5. The van der Waals surface area contributed by atoms with Gasteiger partial charge in [0.25, 0.3) is 0 Å². The van der Waals surface area contributed by atoms with Crippen LogP contribution in [-0.4, -0.2) is 17.4 Å². The number of carbonyl (C=O) groups is 1. The average Bonchev–Trinajstić information content (AvgIpc) is 3.13. The van der Waals surface area contributed by atoms with E-state index < -0.39 is 0 Å². The fourth-order valence-electron chi connectivity index (χ4n) is 7.82. The summed E-state index contributed by atoms with van der Waals surface area (Å²) >= 11 is 0. The summed E-state index contributed by atoms with van der Waals surface area (Å²) in [6.45, 7) is 6.31. The third-order valence-electron chi connectivity index (χ3n) is 9.68. The molecular weight excluding hydrogens is 398 g/mol. The van der Waals surface area contributed by atoms with Gasteiger partial charge in [0.15, 0.2) is 5.78 Å². The second-order valence-corrected chi connectivity index (χ2v) is 11.1. The highest BCUT2D eigenvalue weighted by Gasteiger charge is 2.58. The van der Waals surface area contributed by atoms with Gasteiger partial charge in [0.1, 0.15) is 19.1 Å². The number of rotatable bonds is 6. The Balaban J connectivity index is 1.18. The van der Waals surface area contributed by atoms with Gasteiger partial charge in [-0.2, -0.15) is 0 Å². The summed E-state index contributed by atoms with van der Waals surface area (Å²) in [6.07, 6.45) is 18.4. The van der Waals surface area contributed by atoms with Crippen LogP contribution in [0.4, 0.5) is 0 Å². The number of aromatic nitrogens is 1. The molecule has 0 saturated heterocycles. The molecule has 0 radical (unpaired) electrons. The topological polar surface area (TPSA) is 48.4 Å². The summed E-state index contributed by atoms with van der Waals surface area (Å²) in [5.41, 5.74) is 3.17. The van der Waals surface area contributed by atoms with Gasteiger partial charge < -0.3 is 9.47 Å². The minimum Gasteiger partial charge on any atom is -0.498 e. The molecule has 1 aromatic heterocycles. The zero-order valence-corrected chi connectivity index (χ0v) is 19.6. The molecule has 6 atom stereocenters. The fourth-order valence-corrected chi connectivity index (χ4v) is 7.82. The lowest BCUT2D eigenvalue weighted by molar-refractivity contribution is -0.117. The molecule has 4 heteroatoms. The molecule has 0 spiro atoms. The maximum Gasteiger partial charge on any atom is 0.155 e. The van der Waals surface area contributed by atoms with Crippen molar-refractivity contribution in [2.24, 2.45) is 34.5 Å². The first kappa shape index (κ1) is 21.7. The SMILES string of the molecule is CC12CCC(=O)C=C1CCC1C2CCC2(C)C(CO/C=C\OCc3cccnc3)CCC12. The normalized spacial score (nSPS) is 38.6. The van der Waals surface area contributed by atoms with Gasteiger partial charge >= 0.3 is 0 Å². The van der Waals surface area contributed by atoms with Gasteiger partial charge in [0, 0.05) is 24.4 Å². The highest BCUT2D eigenvalue weighted by molar-refractivity contribution is 5.91. The van der Waals surface area contributed by atoms with Crippen molar-refractivity contribution < 1.29 is 14.3 Å². The van der Waals surface area contributed by atoms with Gasteiger partial charge in [-0.15, -0.1) is 0 Å². The third kappa shape index (κ3) is 3.80. The number of fused-ring (bicyclic) bond motifs is 5. The number of carbonyl (C=O) groups excluding carboxylic acids is 1. The Morgan fingerprint density at radius 2 is 1.94 bits per heavy atom. The van der Waals surface area contributed by atoms with E-state index in [9.17, 15) is 4.79 Å². The molecule has 0 N–H and O–H groups in total. The minimum atomic E-state index is 0.265. The van der Waals surface area contributed by atoms with E-state index in [0.717, 1.165) is 49.2 Å². The van der Waals surface area contributed by atoms with Gasteiger partial charge in [0.2, 0.25) is 0 Å². The molecule has 32 heavy (non-hydrogen) atoms. The van der Waals surface area contributed by atoms with Crippen LogP contribution in [0, 0.1) is 34.5 Å². The molecule has 1 aromatic rings. The molecule has 5 rings (SSSR count). The highest BCUT2D eigenvalue weighted by atomic mass is 16.5. The molecule has 4 aliphatic rings. The maximum absolute atomic E-state index is 12.0. The van der Waals surface area contributed by atoms with Crippen molar-refractivity contribution in [3.63, 3.8) is 0 Å². The van der Waals surface area contributed by atoms with Crippen LogP contribution in [0.3, 0.4) is 0 Å². The average molecular weight is 436 g/mol. The van der Waals surface area contributed by atoms with Gasteiger partial charge in [-0.05, 0) is 91.6 Å². The lowest BCUT2D eigenvalue weighted by Crippen LogP contribution is -2.50. The van der Waals surface area contributed by atoms with Crippen LogP contribution in [0.1, 0.15) is 70.8 Å². The fraction of sp³-hybridized carbons (Fsp3) is 0.643. The van der Waals surface area contributed by atoms with Crippen molar-refractivity contribution in [2.45, 2.75) is 71.8 Å². The molecule has 3 saturated carbocycles. The van der Waals surface area contributed by atoms with Crippen LogP contribution in [0.2, 0.25) is 0 Å². The zero-order valence-electron chi connectivity index (χ0n) is 19.6. The van der Waals surface area contributed by atoms with E-state index >= 15 is 0 Å². The van der Waals surface area contributed by atoms with E-state index in [2.05, 4.69) is 18.8 Å². The molecule has 3 fully saturated rings. The molecule has 1 heterocycles. The predicted molar refractivity (Wildman–Crippen MR) is 124 cm³/mol. The van der Waals surface area contributed by atoms with Crippen LogP contribution >= 0.6 is 0 Å². The van der Waals surface area contributed by atoms with Crippen molar-refractivity contribution >= 4 is 5.78 Å². The van der Waals surface area contributed by atoms with Gasteiger partial charge in [-0.3, -0.25) is 9.78 Å². The maximum atomic E-state index is 12.0. The molecule has 0 aliphatic heterocycles. The van der Waals surface area contributed by atoms with E-state index in [0.29, 0.717) is 23.7 Å². The molecule has 0 amide bonds. The van der Waals surface area contributed by atoms with E-state index in [1.807, 2.05) is 24.4 Å². The Bertz CT molecular complexity index is 893. The van der Waals surface area contributed by atoms with Crippen molar-refractivity contribution in [2.75, 3.05) is 6.61 Å². The number of hydrogen-bond donors (Lipinski definition) is 0. The summed E-state index contributed by atoms with van der Waals surface area (Å²) in [4.78, 5) is 16.1. The number of hydrogen-bond acceptors (Lipinski definition) is 4. The van der Waals surface area contributed by atoms with Crippen LogP contribution in [-0.2, 0) is 20.9 Å². The summed E-state index contributed by atoms with van der Waals surface area (Å²) in [5.74, 6) is 3.35. The summed E-state index contributed by atoms with van der Waals surface area (Å²) in [5, 5.41) is 0. The van der Waals surface area contributed by atoms with Crippen LogP contribution in [0.25, 0.3) is 0 Å².